The van der Waals surface area contributed by atoms with Crippen LogP contribution in [0.2, 0.25) is 0 Å². The van der Waals surface area contributed by atoms with Crippen LogP contribution in [0.4, 0.5) is 0 Å². The first kappa shape index (κ1) is 29.8. The summed E-state index contributed by atoms with van der Waals surface area (Å²) in [5.41, 5.74) is 0.510. The van der Waals surface area contributed by atoms with Gasteiger partial charge < -0.3 is 0 Å². The van der Waals surface area contributed by atoms with Gasteiger partial charge >= 0.3 is 220 Å². The van der Waals surface area contributed by atoms with Crippen LogP contribution < -0.4 is 0 Å². The molecule has 0 N–H and O–H groups in total. The van der Waals surface area contributed by atoms with E-state index in [-0.39, 0.29) is 0 Å². The summed E-state index contributed by atoms with van der Waals surface area (Å²) in [4.78, 5) is 0. The van der Waals surface area contributed by atoms with Gasteiger partial charge in [0.2, 0.25) is 0 Å². The molecule has 0 aromatic carbocycles. The van der Waals surface area contributed by atoms with Gasteiger partial charge in [-0.25, -0.2) is 0 Å². The number of hydrogen-bond acceptors (Lipinski definition) is 6. The van der Waals surface area contributed by atoms with Crippen LogP contribution in [0.5, 0.6) is 0 Å². The van der Waals surface area contributed by atoms with Crippen molar-refractivity contribution >= 4 is 30.0 Å². The maximum absolute atomic E-state index is 5.79. The summed E-state index contributed by atoms with van der Waals surface area (Å²) in [7, 11) is 4.92. The van der Waals surface area contributed by atoms with E-state index in [1.807, 2.05) is 14.2 Å². The van der Waals surface area contributed by atoms with Crippen molar-refractivity contribution in [2.75, 3.05) is 66.7 Å². The van der Waals surface area contributed by atoms with Crippen molar-refractivity contribution in [2.45, 2.75) is 71.1 Å². The summed E-state index contributed by atoms with van der Waals surface area (Å²) in [5.74, 6) is 0. The van der Waals surface area contributed by atoms with Crippen LogP contribution in [0.25, 0.3) is 0 Å². The van der Waals surface area contributed by atoms with E-state index in [9.17, 15) is 0 Å². The number of rotatable bonds is 14. The zero-order valence-corrected chi connectivity index (χ0v) is 26.1. The van der Waals surface area contributed by atoms with Gasteiger partial charge in [0.05, 0.1) is 0 Å². The Hall–Kier alpha value is 0.230. The van der Waals surface area contributed by atoms with E-state index in [4.69, 9.17) is 9.47 Å². The van der Waals surface area contributed by atoms with Crippen molar-refractivity contribution in [1.29, 1.82) is 0 Å². The van der Waals surface area contributed by atoms with Crippen LogP contribution in [0, 0.1) is 0 Å². The van der Waals surface area contributed by atoms with Gasteiger partial charge in [-0.2, -0.15) is 0 Å². The Kier molecular flexibility index (Phi) is 11.4. The number of ether oxygens (including phenoxy) is 2. The van der Waals surface area contributed by atoms with Crippen LogP contribution >= 0.6 is 14.9 Å². The number of hydrogen-bond donors (Lipinski definition) is 0. The quantitative estimate of drug-likeness (QED) is 0.256. The van der Waals surface area contributed by atoms with Crippen molar-refractivity contribution < 1.29 is 9.47 Å². The van der Waals surface area contributed by atoms with Crippen LogP contribution in [-0.4, -0.2) is 118 Å². The summed E-state index contributed by atoms with van der Waals surface area (Å²) in [5, 5.41) is 1.74. The first-order chi connectivity index (χ1) is 16.9. The fourth-order valence-corrected chi connectivity index (χ4v) is 19.4. The molecule has 3 rings (SSSR count). The number of methoxy groups -OCH3 is 2. The Bertz CT molecular complexity index is 700. The predicted octanol–water partition coefficient (Wildman–Crippen LogP) is 2.97. The minimum atomic E-state index is -2.13. The molecule has 10 heteroatoms. The molecule has 6 nitrogen and oxygen atoms in total. The molecule has 1 aliphatic carbocycles. The topological polar surface area (TPSA) is 31.4 Å². The Morgan fingerprint density at radius 3 is 1.71 bits per heavy atom. The Labute approximate surface area is 219 Å². The van der Waals surface area contributed by atoms with Gasteiger partial charge in [0, 0.05) is 0 Å². The van der Waals surface area contributed by atoms with E-state index in [1.54, 1.807) is 5.31 Å². The summed E-state index contributed by atoms with van der Waals surface area (Å²) >= 11 is 0. The van der Waals surface area contributed by atoms with Crippen LogP contribution in [0.3, 0.4) is 0 Å². The molecule has 2 heterocycles. The maximum atomic E-state index is 5.79. The Morgan fingerprint density at radius 2 is 1.31 bits per heavy atom. The van der Waals surface area contributed by atoms with E-state index < -0.39 is 14.9 Å². The second kappa shape index (κ2) is 13.3. The minimum absolute atomic E-state index is 0.510. The molecule has 0 bridgehead atoms. The fraction of sp³-hybridized carbons (Fsp3) is 0.840. The Balaban J connectivity index is 2.13. The first-order valence-corrected chi connectivity index (χ1v) is 19.1. The molecule has 0 spiro atoms. The number of allylic oxidation sites excluding steroid dienone is 4. The van der Waals surface area contributed by atoms with Crippen molar-refractivity contribution in [3.05, 3.63) is 23.5 Å². The molecule has 0 amide bonds. The second-order valence-corrected chi connectivity index (χ2v) is 18.7. The van der Waals surface area contributed by atoms with Crippen molar-refractivity contribution in [3.63, 3.8) is 0 Å². The zero-order valence-electron chi connectivity index (χ0n) is 24.1. The van der Waals surface area contributed by atoms with Crippen LogP contribution in [0.1, 0.15) is 53.4 Å². The van der Waals surface area contributed by atoms with Gasteiger partial charge in [-0.15, -0.1) is 0 Å². The normalized spacial score (nSPS) is 27.4. The van der Waals surface area contributed by atoms with Gasteiger partial charge in [-0.05, 0) is 0 Å². The molecule has 2 saturated heterocycles. The molecule has 202 valence electrons. The monoisotopic (exact) mass is 526 g/mol. The molecule has 2 aliphatic heterocycles. The van der Waals surface area contributed by atoms with Crippen molar-refractivity contribution in [1.82, 2.24) is 18.7 Å². The number of nitrogens with zero attached hydrogens (tertiary/aromatic N) is 4. The fourth-order valence-electron chi connectivity index (χ4n) is 7.77. The van der Waals surface area contributed by atoms with E-state index >= 15 is 0 Å². The average Bonchev–Trinajstić information content (AvgIpc) is 3.62. The molecule has 2 fully saturated rings. The molecular formula is C25H54B2N4O2P2. The second-order valence-electron chi connectivity index (χ2n) is 10.8. The first-order valence-electron chi connectivity index (χ1n) is 14.3. The molecule has 3 aliphatic rings. The molecular weight excluding hydrogens is 472 g/mol. The molecule has 0 saturated carbocycles. The van der Waals surface area contributed by atoms with Crippen molar-refractivity contribution in [3.8, 4) is 0 Å². The van der Waals surface area contributed by atoms with Crippen molar-refractivity contribution in [2.24, 2.45) is 0 Å². The average molecular weight is 526 g/mol. The summed E-state index contributed by atoms with van der Waals surface area (Å²) in [6, 6.07) is 1.07. The molecule has 0 unspecified atom stereocenters. The van der Waals surface area contributed by atoms with E-state index in [2.05, 4.69) is 79.7 Å². The third-order valence-corrected chi connectivity index (χ3v) is 20.2. The molecule has 35 heavy (non-hydrogen) atoms. The SMILES string of the molecule is B[PH](C1=CC=C[C@H]1[PH](B)(N1CCC[C@@H]1COC)N1CCC[C@@H]1COC)(N(CC)CC)N(CC)CC. The van der Waals surface area contributed by atoms with Gasteiger partial charge in [0.25, 0.3) is 0 Å². The van der Waals surface area contributed by atoms with Gasteiger partial charge in [-0.1, -0.05) is 0 Å². The summed E-state index contributed by atoms with van der Waals surface area (Å²) in [6.45, 7) is 18.0. The van der Waals surface area contributed by atoms with Gasteiger partial charge in [0.15, 0.2) is 0 Å². The standard InChI is InChI=1S/C25H54B2N4O2P2/c1-7-28(8-2)34(26,29(9-3)10-4)24-16-11-17-25(24)35(27,30-18-12-14-22(30)20-32-5)31-19-13-15-23(31)21-33-6/h11,16-17,22-23,25,34-35H,7-10,12-15,18-21,26-27H2,1-6H3/t22-,23-,25-/m1/s1. The molecule has 3 atom stereocenters. The molecule has 0 aromatic rings. The van der Waals surface area contributed by atoms with Crippen LogP contribution in [0.15, 0.2) is 23.5 Å². The third kappa shape index (κ3) is 5.52. The third-order valence-electron chi connectivity index (χ3n) is 9.44. The Morgan fingerprint density at radius 1 is 0.857 bits per heavy atom. The molecule has 0 radical (unpaired) electrons. The summed E-state index contributed by atoms with van der Waals surface area (Å²) < 4.78 is 23.2. The van der Waals surface area contributed by atoms with E-state index in [0.29, 0.717) is 17.7 Å². The van der Waals surface area contributed by atoms with Crippen LogP contribution in [-0.2, 0) is 9.47 Å². The van der Waals surface area contributed by atoms with Gasteiger partial charge in [-0.3, -0.25) is 0 Å². The van der Waals surface area contributed by atoms with E-state index in [0.717, 1.165) is 39.4 Å². The zero-order chi connectivity index (χ0) is 25.6. The van der Waals surface area contributed by atoms with Gasteiger partial charge in [0.1, 0.15) is 0 Å². The van der Waals surface area contributed by atoms with E-state index in [1.165, 1.54) is 38.8 Å². The summed E-state index contributed by atoms with van der Waals surface area (Å²) in [6.07, 6.45) is 12.6. The predicted molar refractivity (Wildman–Crippen MR) is 164 cm³/mol. The molecule has 0 aromatic heterocycles.